The summed E-state index contributed by atoms with van der Waals surface area (Å²) in [5.41, 5.74) is 5.55. The lowest BCUT2D eigenvalue weighted by molar-refractivity contribution is 0.547. The highest BCUT2D eigenvalue weighted by Gasteiger charge is 2.25. The summed E-state index contributed by atoms with van der Waals surface area (Å²) in [6.45, 7) is 4.05. The predicted molar refractivity (Wildman–Crippen MR) is 115 cm³/mol. The molecule has 2 aromatic carbocycles. The van der Waals surface area contributed by atoms with Crippen molar-refractivity contribution in [2.45, 2.75) is 50.6 Å². The Labute approximate surface area is 172 Å². The molecule has 0 aliphatic heterocycles. The lowest BCUT2D eigenvalue weighted by Gasteiger charge is -2.14. The number of hydrogen-bond donors (Lipinski definition) is 1. The normalized spacial score (nSPS) is 15.0. The van der Waals surface area contributed by atoms with Gasteiger partial charge < -0.3 is 0 Å². The van der Waals surface area contributed by atoms with Crippen LogP contribution in [0, 0.1) is 13.8 Å². The third-order valence-electron chi connectivity index (χ3n) is 5.41. The molecule has 0 unspecified atom stereocenters. The highest BCUT2D eigenvalue weighted by molar-refractivity contribution is 7.89. The van der Waals surface area contributed by atoms with Crippen molar-refractivity contribution in [1.29, 1.82) is 0 Å². The standard InChI is InChI=1S/C23H25N3O2S/c1-16-7-11-18(12-8-16)21-15-22(29(27,28)26-20-5-3-4-6-20)24-25-23(21)19-13-9-17(2)10-14-19/h7-15,20,26H,3-6H2,1-2H3. The van der Waals surface area contributed by atoms with E-state index in [0.717, 1.165) is 53.5 Å². The molecular weight excluding hydrogens is 382 g/mol. The summed E-state index contributed by atoms with van der Waals surface area (Å²) in [5, 5.41) is 8.41. The molecule has 0 bridgehead atoms. The molecule has 1 N–H and O–H groups in total. The van der Waals surface area contributed by atoms with Crippen LogP contribution in [0.5, 0.6) is 0 Å². The second-order valence-electron chi connectivity index (χ2n) is 7.78. The van der Waals surface area contributed by atoms with E-state index in [9.17, 15) is 8.42 Å². The molecule has 6 heteroatoms. The van der Waals surface area contributed by atoms with Gasteiger partial charge in [0.25, 0.3) is 10.0 Å². The quantitative estimate of drug-likeness (QED) is 0.668. The van der Waals surface area contributed by atoms with Gasteiger partial charge in [-0.3, -0.25) is 0 Å². The second kappa shape index (κ2) is 8.05. The Morgan fingerprint density at radius 2 is 1.38 bits per heavy atom. The lowest BCUT2D eigenvalue weighted by atomic mass is 9.99. The van der Waals surface area contributed by atoms with Gasteiger partial charge in [-0.05, 0) is 38.3 Å². The van der Waals surface area contributed by atoms with Crippen LogP contribution in [0.25, 0.3) is 22.4 Å². The molecule has 0 spiro atoms. The summed E-state index contributed by atoms with van der Waals surface area (Å²) in [6, 6.07) is 17.6. The molecule has 0 radical (unpaired) electrons. The fourth-order valence-electron chi connectivity index (χ4n) is 3.71. The first-order valence-electron chi connectivity index (χ1n) is 9.96. The number of rotatable bonds is 5. The van der Waals surface area contributed by atoms with Gasteiger partial charge in [-0.2, -0.15) is 0 Å². The van der Waals surface area contributed by atoms with Gasteiger partial charge in [0.15, 0.2) is 5.03 Å². The zero-order valence-corrected chi connectivity index (χ0v) is 17.5. The van der Waals surface area contributed by atoms with Crippen LogP contribution < -0.4 is 4.72 Å². The zero-order chi connectivity index (χ0) is 20.4. The maximum Gasteiger partial charge on any atom is 0.260 e. The van der Waals surface area contributed by atoms with Crippen LogP contribution in [-0.4, -0.2) is 24.7 Å². The van der Waals surface area contributed by atoms with Crippen LogP contribution in [0.3, 0.4) is 0 Å². The van der Waals surface area contributed by atoms with Gasteiger partial charge in [0.1, 0.15) is 5.69 Å². The number of benzene rings is 2. The van der Waals surface area contributed by atoms with Gasteiger partial charge in [-0.1, -0.05) is 72.5 Å². The topological polar surface area (TPSA) is 72.0 Å². The second-order valence-corrected chi connectivity index (χ2v) is 9.44. The molecule has 0 amide bonds. The van der Waals surface area contributed by atoms with E-state index in [2.05, 4.69) is 14.9 Å². The van der Waals surface area contributed by atoms with E-state index in [1.807, 2.05) is 62.4 Å². The maximum atomic E-state index is 12.9. The van der Waals surface area contributed by atoms with Crippen molar-refractivity contribution in [3.8, 4) is 22.4 Å². The molecule has 1 saturated carbocycles. The van der Waals surface area contributed by atoms with E-state index < -0.39 is 10.0 Å². The van der Waals surface area contributed by atoms with Gasteiger partial charge >= 0.3 is 0 Å². The number of aryl methyl sites for hydroxylation is 2. The smallest absolute Gasteiger partial charge is 0.207 e. The van der Waals surface area contributed by atoms with E-state index in [1.54, 1.807) is 6.07 Å². The minimum absolute atomic E-state index is 0.0126. The van der Waals surface area contributed by atoms with E-state index >= 15 is 0 Å². The molecule has 1 heterocycles. The largest absolute Gasteiger partial charge is 0.260 e. The average molecular weight is 408 g/mol. The first-order valence-corrected chi connectivity index (χ1v) is 11.4. The Morgan fingerprint density at radius 1 is 0.828 bits per heavy atom. The van der Waals surface area contributed by atoms with Crippen molar-refractivity contribution >= 4 is 10.0 Å². The van der Waals surface area contributed by atoms with Crippen LogP contribution in [0.1, 0.15) is 36.8 Å². The van der Waals surface area contributed by atoms with Crippen molar-refractivity contribution < 1.29 is 8.42 Å². The van der Waals surface area contributed by atoms with Crippen LogP contribution in [0.4, 0.5) is 0 Å². The summed E-state index contributed by atoms with van der Waals surface area (Å²) < 4.78 is 28.6. The Hall–Kier alpha value is -2.57. The molecule has 4 rings (SSSR count). The first-order chi connectivity index (χ1) is 13.9. The maximum absolute atomic E-state index is 12.9. The molecule has 0 saturated heterocycles. The van der Waals surface area contributed by atoms with Crippen LogP contribution in [-0.2, 0) is 10.0 Å². The van der Waals surface area contributed by atoms with Gasteiger partial charge in [-0.25, -0.2) is 13.1 Å². The third kappa shape index (κ3) is 4.38. The van der Waals surface area contributed by atoms with Crippen molar-refractivity contribution in [3.05, 3.63) is 65.7 Å². The number of aromatic nitrogens is 2. The predicted octanol–water partition coefficient (Wildman–Crippen LogP) is 4.65. The molecule has 5 nitrogen and oxygen atoms in total. The van der Waals surface area contributed by atoms with E-state index in [-0.39, 0.29) is 11.1 Å². The Balaban J connectivity index is 1.80. The minimum atomic E-state index is -3.71. The molecule has 0 atom stereocenters. The molecule has 150 valence electrons. The molecule has 3 aromatic rings. The average Bonchev–Trinajstić information content (AvgIpc) is 3.21. The summed E-state index contributed by atoms with van der Waals surface area (Å²) in [7, 11) is -3.71. The number of nitrogens with zero attached hydrogens (tertiary/aromatic N) is 2. The molecule has 1 aliphatic rings. The monoisotopic (exact) mass is 407 g/mol. The van der Waals surface area contributed by atoms with Gasteiger partial charge in [0, 0.05) is 17.2 Å². The highest BCUT2D eigenvalue weighted by atomic mass is 32.2. The molecular formula is C23H25N3O2S. The van der Waals surface area contributed by atoms with Gasteiger partial charge in [-0.15, -0.1) is 10.2 Å². The Morgan fingerprint density at radius 3 is 1.97 bits per heavy atom. The highest BCUT2D eigenvalue weighted by Crippen LogP contribution is 2.32. The van der Waals surface area contributed by atoms with Crippen LogP contribution in [0.2, 0.25) is 0 Å². The van der Waals surface area contributed by atoms with Crippen molar-refractivity contribution in [3.63, 3.8) is 0 Å². The van der Waals surface area contributed by atoms with Crippen LogP contribution >= 0.6 is 0 Å². The zero-order valence-electron chi connectivity index (χ0n) is 16.7. The van der Waals surface area contributed by atoms with Crippen molar-refractivity contribution in [2.75, 3.05) is 0 Å². The lowest BCUT2D eigenvalue weighted by Crippen LogP contribution is -2.33. The SMILES string of the molecule is Cc1ccc(-c2cc(S(=O)(=O)NC3CCCC3)nnc2-c2ccc(C)cc2)cc1. The number of hydrogen-bond acceptors (Lipinski definition) is 4. The number of sulfonamides is 1. The van der Waals surface area contributed by atoms with E-state index in [1.165, 1.54) is 0 Å². The minimum Gasteiger partial charge on any atom is -0.207 e. The summed E-state index contributed by atoms with van der Waals surface area (Å²) in [4.78, 5) is 0. The van der Waals surface area contributed by atoms with Gasteiger partial charge in [0.05, 0.1) is 0 Å². The fourth-order valence-corrected chi connectivity index (χ4v) is 4.92. The Bertz CT molecular complexity index is 1100. The molecule has 29 heavy (non-hydrogen) atoms. The summed E-state index contributed by atoms with van der Waals surface area (Å²) >= 11 is 0. The molecule has 1 fully saturated rings. The van der Waals surface area contributed by atoms with E-state index in [0.29, 0.717) is 5.69 Å². The summed E-state index contributed by atoms with van der Waals surface area (Å²) in [5.74, 6) is 0. The molecule has 1 aliphatic carbocycles. The third-order valence-corrected chi connectivity index (χ3v) is 6.81. The molecule has 1 aromatic heterocycles. The van der Waals surface area contributed by atoms with Crippen molar-refractivity contribution in [2.24, 2.45) is 0 Å². The van der Waals surface area contributed by atoms with Crippen molar-refractivity contribution in [1.82, 2.24) is 14.9 Å². The first kappa shape index (κ1) is 19.7. The summed E-state index contributed by atoms with van der Waals surface area (Å²) in [6.07, 6.45) is 3.86. The van der Waals surface area contributed by atoms with Gasteiger partial charge in [0.2, 0.25) is 0 Å². The fraction of sp³-hybridized carbons (Fsp3) is 0.304. The van der Waals surface area contributed by atoms with Crippen LogP contribution in [0.15, 0.2) is 59.6 Å². The Kier molecular flexibility index (Phi) is 5.48. The van der Waals surface area contributed by atoms with E-state index in [4.69, 9.17) is 0 Å². The number of nitrogens with one attached hydrogen (secondary N) is 1.